The van der Waals surface area contributed by atoms with Crippen molar-refractivity contribution < 1.29 is 24.2 Å². The summed E-state index contributed by atoms with van der Waals surface area (Å²) in [5.74, 6) is -1.51. The summed E-state index contributed by atoms with van der Waals surface area (Å²) in [6.07, 6.45) is -0.771. The predicted molar refractivity (Wildman–Crippen MR) is 64.5 cm³/mol. The minimum Gasteiger partial charge on any atom is -0.463 e. The van der Waals surface area contributed by atoms with E-state index in [9.17, 15) is 19.5 Å². The van der Waals surface area contributed by atoms with Gasteiger partial charge in [0, 0.05) is 6.92 Å². The molecule has 104 valence electrons. The molecule has 2 N–H and O–H groups in total. The molecule has 0 rings (SSSR count). The van der Waals surface area contributed by atoms with Gasteiger partial charge in [-0.25, -0.2) is 0 Å². The van der Waals surface area contributed by atoms with Crippen LogP contribution in [0.4, 0.5) is 0 Å². The lowest BCUT2D eigenvalue weighted by atomic mass is 9.91. The maximum absolute atomic E-state index is 11.6. The lowest BCUT2D eigenvalue weighted by molar-refractivity contribution is -0.158. The number of amides is 2. The van der Waals surface area contributed by atoms with E-state index in [1.165, 1.54) is 6.92 Å². The van der Waals surface area contributed by atoms with E-state index in [4.69, 9.17) is 4.74 Å². The average molecular weight is 259 g/mol. The zero-order valence-electron chi connectivity index (χ0n) is 11.3. The van der Waals surface area contributed by atoms with Gasteiger partial charge in [0.1, 0.15) is 6.61 Å². The fraction of sp³-hybridized carbons (Fsp3) is 0.750. The van der Waals surface area contributed by atoms with Crippen LogP contribution in [0.15, 0.2) is 0 Å². The first kappa shape index (κ1) is 16.6. The van der Waals surface area contributed by atoms with Crippen molar-refractivity contribution in [3.05, 3.63) is 0 Å². The molecule has 18 heavy (non-hydrogen) atoms. The number of esters is 1. The summed E-state index contributed by atoms with van der Waals surface area (Å²) in [7, 11) is 0. The Morgan fingerprint density at radius 3 is 2.33 bits per heavy atom. The lowest BCUT2D eigenvalue weighted by Gasteiger charge is -2.21. The van der Waals surface area contributed by atoms with Gasteiger partial charge in [-0.3, -0.25) is 19.7 Å². The van der Waals surface area contributed by atoms with Crippen LogP contribution in [0.3, 0.4) is 0 Å². The maximum Gasteiger partial charge on any atom is 0.311 e. The molecule has 1 atom stereocenters. The van der Waals surface area contributed by atoms with Crippen molar-refractivity contribution in [2.45, 2.75) is 46.6 Å². The minimum atomic E-state index is -1.11. The molecule has 0 spiro atoms. The number of rotatable bonds is 6. The molecule has 0 aliphatic heterocycles. The fourth-order valence-corrected chi connectivity index (χ4v) is 1.03. The molecule has 6 heteroatoms. The first-order chi connectivity index (χ1) is 8.19. The van der Waals surface area contributed by atoms with Crippen LogP contribution in [0.25, 0.3) is 0 Å². The van der Waals surface area contributed by atoms with Crippen molar-refractivity contribution in [3.8, 4) is 0 Å². The standard InChI is InChI=1S/C12H21NO5/c1-5-12(3,4)11(17)18-7-9(15)6-10(16)13-8(2)14/h9,15H,5-7H2,1-4H3,(H,13,14,16). The minimum absolute atomic E-state index is 0.256. The summed E-state index contributed by atoms with van der Waals surface area (Å²) < 4.78 is 4.91. The zero-order valence-corrected chi connectivity index (χ0v) is 11.3. The van der Waals surface area contributed by atoms with Crippen LogP contribution in [0.2, 0.25) is 0 Å². The Bertz CT molecular complexity index is 324. The highest BCUT2D eigenvalue weighted by Crippen LogP contribution is 2.21. The van der Waals surface area contributed by atoms with Crippen LogP contribution in [0, 0.1) is 5.41 Å². The third-order valence-corrected chi connectivity index (χ3v) is 2.58. The molecule has 6 nitrogen and oxygen atoms in total. The summed E-state index contributed by atoms with van der Waals surface area (Å²) in [6, 6.07) is 0. The Kier molecular flexibility index (Phi) is 6.54. The molecule has 0 fully saturated rings. The molecule has 0 saturated heterocycles. The predicted octanol–water partition coefficient (Wildman–Crippen LogP) is 0.380. The smallest absolute Gasteiger partial charge is 0.311 e. The van der Waals surface area contributed by atoms with Gasteiger partial charge in [0.15, 0.2) is 0 Å². The first-order valence-corrected chi connectivity index (χ1v) is 5.84. The van der Waals surface area contributed by atoms with Gasteiger partial charge in [-0.05, 0) is 20.3 Å². The molecule has 0 aliphatic rings. The van der Waals surface area contributed by atoms with Gasteiger partial charge >= 0.3 is 5.97 Å². The molecular weight excluding hydrogens is 238 g/mol. The van der Waals surface area contributed by atoms with Crippen LogP contribution in [0.1, 0.15) is 40.5 Å². The Hall–Kier alpha value is -1.43. The van der Waals surface area contributed by atoms with Crippen molar-refractivity contribution in [2.75, 3.05) is 6.61 Å². The Labute approximate surface area is 107 Å². The largest absolute Gasteiger partial charge is 0.463 e. The topological polar surface area (TPSA) is 92.7 Å². The van der Waals surface area contributed by atoms with E-state index >= 15 is 0 Å². The molecule has 0 saturated carbocycles. The summed E-state index contributed by atoms with van der Waals surface area (Å²) in [5.41, 5.74) is -0.610. The highest BCUT2D eigenvalue weighted by Gasteiger charge is 2.27. The van der Waals surface area contributed by atoms with Crippen molar-refractivity contribution in [1.82, 2.24) is 5.32 Å². The monoisotopic (exact) mass is 259 g/mol. The van der Waals surface area contributed by atoms with Crippen LogP contribution in [-0.2, 0) is 19.1 Å². The van der Waals surface area contributed by atoms with E-state index in [1.54, 1.807) is 13.8 Å². The van der Waals surface area contributed by atoms with Crippen LogP contribution < -0.4 is 5.32 Å². The van der Waals surface area contributed by atoms with E-state index in [2.05, 4.69) is 0 Å². The Balaban J connectivity index is 4.04. The van der Waals surface area contributed by atoms with Crippen LogP contribution in [-0.4, -0.2) is 35.6 Å². The molecule has 0 heterocycles. The summed E-state index contributed by atoms with van der Waals surface area (Å²) in [4.78, 5) is 33.3. The molecule has 2 amide bonds. The molecule has 0 bridgehead atoms. The molecule has 1 unspecified atom stereocenters. The number of carbonyl (C=O) groups excluding carboxylic acids is 3. The summed E-state index contributed by atoms with van der Waals surface area (Å²) in [5, 5.41) is 11.5. The quantitative estimate of drug-likeness (QED) is 0.673. The number of carbonyl (C=O) groups is 3. The maximum atomic E-state index is 11.6. The second kappa shape index (κ2) is 7.10. The Morgan fingerprint density at radius 2 is 1.89 bits per heavy atom. The molecule has 0 aromatic carbocycles. The molecule has 0 radical (unpaired) electrons. The SMILES string of the molecule is CCC(C)(C)C(=O)OCC(O)CC(=O)NC(C)=O. The van der Waals surface area contributed by atoms with E-state index in [-0.39, 0.29) is 13.0 Å². The number of aliphatic hydroxyl groups is 1. The lowest BCUT2D eigenvalue weighted by Crippen LogP contribution is -2.34. The second-order valence-corrected chi connectivity index (χ2v) is 4.80. The number of nitrogens with one attached hydrogen (secondary N) is 1. The highest BCUT2D eigenvalue weighted by atomic mass is 16.5. The second-order valence-electron chi connectivity index (χ2n) is 4.80. The van der Waals surface area contributed by atoms with Crippen LogP contribution in [0.5, 0.6) is 0 Å². The summed E-state index contributed by atoms with van der Waals surface area (Å²) >= 11 is 0. The summed E-state index contributed by atoms with van der Waals surface area (Å²) in [6.45, 7) is 6.29. The Morgan fingerprint density at radius 1 is 1.33 bits per heavy atom. The third kappa shape index (κ3) is 6.34. The number of imide groups is 1. The normalized spacial score (nSPS) is 12.7. The van der Waals surface area contributed by atoms with Gasteiger partial charge in [-0.1, -0.05) is 6.92 Å². The van der Waals surface area contributed by atoms with Gasteiger partial charge in [0.25, 0.3) is 0 Å². The molecular formula is C12H21NO5. The van der Waals surface area contributed by atoms with Crippen molar-refractivity contribution >= 4 is 17.8 Å². The number of aliphatic hydroxyl groups excluding tert-OH is 1. The van der Waals surface area contributed by atoms with Gasteiger partial charge < -0.3 is 9.84 Å². The van der Waals surface area contributed by atoms with Gasteiger partial charge in [-0.2, -0.15) is 0 Å². The van der Waals surface area contributed by atoms with Crippen molar-refractivity contribution in [3.63, 3.8) is 0 Å². The van der Waals surface area contributed by atoms with Crippen molar-refractivity contribution in [1.29, 1.82) is 0 Å². The number of hydrogen-bond acceptors (Lipinski definition) is 5. The first-order valence-electron chi connectivity index (χ1n) is 5.84. The van der Waals surface area contributed by atoms with E-state index in [0.29, 0.717) is 6.42 Å². The van der Waals surface area contributed by atoms with Crippen LogP contribution >= 0.6 is 0 Å². The van der Waals surface area contributed by atoms with E-state index < -0.39 is 29.3 Å². The van der Waals surface area contributed by atoms with E-state index in [0.717, 1.165) is 0 Å². The number of hydrogen-bond donors (Lipinski definition) is 2. The highest BCUT2D eigenvalue weighted by molar-refractivity contribution is 5.94. The molecule has 0 aromatic rings. The van der Waals surface area contributed by atoms with Gasteiger partial charge in [-0.15, -0.1) is 0 Å². The van der Waals surface area contributed by atoms with E-state index in [1.807, 2.05) is 12.2 Å². The fourth-order valence-electron chi connectivity index (χ4n) is 1.03. The molecule has 0 aromatic heterocycles. The average Bonchev–Trinajstić information content (AvgIpc) is 2.24. The zero-order chi connectivity index (χ0) is 14.3. The molecule has 0 aliphatic carbocycles. The third-order valence-electron chi connectivity index (χ3n) is 2.58. The van der Waals surface area contributed by atoms with Crippen molar-refractivity contribution in [2.24, 2.45) is 5.41 Å². The van der Waals surface area contributed by atoms with Gasteiger partial charge in [0.05, 0.1) is 17.9 Å². The number of ether oxygens (including phenoxy) is 1. The van der Waals surface area contributed by atoms with Gasteiger partial charge in [0.2, 0.25) is 11.8 Å².